The second-order valence-corrected chi connectivity index (χ2v) is 7.04. The number of nitrogens with zero attached hydrogens (tertiary/aromatic N) is 1. The van der Waals surface area contributed by atoms with Gasteiger partial charge in [-0.15, -0.1) is 0 Å². The number of benzene rings is 1. The Balaban J connectivity index is 1.44. The third kappa shape index (κ3) is 3.38. The SMILES string of the molecule is O=C(NC[C@H]1Cc2cc(-c3ccsc3)cc(Cl)c2O1)c1ccncc1. The van der Waals surface area contributed by atoms with Crippen molar-refractivity contribution >= 4 is 28.8 Å². The molecule has 1 atom stereocenters. The lowest BCUT2D eigenvalue weighted by molar-refractivity contribution is 0.0933. The van der Waals surface area contributed by atoms with Gasteiger partial charge >= 0.3 is 0 Å². The molecule has 4 nitrogen and oxygen atoms in total. The standard InChI is InChI=1S/C19H15ClN2O2S/c20-17-9-14(13-3-6-25-11-13)7-15-8-16(24-18(15)17)10-22-19(23)12-1-4-21-5-2-12/h1-7,9,11,16H,8,10H2,(H,22,23)/t16-/m1/s1. The van der Waals surface area contributed by atoms with Gasteiger partial charge in [-0.3, -0.25) is 9.78 Å². The quantitative estimate of drug-likeness (QED) is 0.748. The predicted molar refractivity (Wildman–Crippen MR) is 99.5 cm³/mol. The fourth-order valence-corrected chi connectivity index (χ4v) is 3.86. The summed E-state index contributed by atoms with van der Waals surface area (Å²) in [7, 11) is 0. The Morgan fingerprint density at radius 3 is 2.88 bits per heavy atom. The van der Waals surface area contributed by atoms with Crippen molar-refractivity contribution in [2.45, 2.75) is 12.5 Å². The first-order chi connectivity index (χ1) is 12.2. The number of hydrogen-bond acceptors (Lipinski definition) is 4. The number of thiophene rings is 1. The van der Waals surface area contributed by atoms with Gasteiger partial charge in [-0.25, -0.2) is 0 Å². The molecule has 6 heteroatoms. The molecule has 126 valence electrons. The molecule has 25 heavy (non-hydrogen) atoms. The highest BCUT2D eigenvalue weighted by Gasteiger charge is 2.26. The Morgan fingerprint density at radius 2 is 2.12 bits per heavy atom. The average molecular weight is 371 g/mol. The van der Waals surface area contributed by atoms with E-state index in [9.17, 15) is 4.79 Å². The molecule has 0 radical (unpaired) electrons. The van der Waals surface area contributed by atoms with Crippen molar-refractivity contribution in [3.63, 3.8) is 0 Å². The molecular formula is C19H15ClN2O2S. The highest BCUT2D eigenvalue weighted by atomic mass is 35.5. The van der Waals surface area contributed by atoms with E-state index in [1.807, 2.05) is 11.4 Å². The van der Waals surface area contributed by atoms with Crippen molar-refractivity contribution in [1.82, 2.24) is 10.3 Å². The van der Waals surface area contributed by atoms with Crippen molar-refractivity contribution in [1.29, 1.82) is 0 Å². The van der Waals surface area contributed by atoms with Gasteiger partial charge in [0.1, 0.15) is 11.9 Å². The Morgan fingerprint density at radius 1 is 1.28 bits per heavy atom. The largest absolute Gasteiger partial charge is 0.486 e. The van der Waals surface area contributed by atoms with Gasteiger partial charge in [-0.1, -0.05) is 11.6 Å². The van der Waals surface area contributed by atoms with Crippen LogP contribution < -0.4 is 10.1 Å². The maximum atomic E-state index is 12.1. The van der Waals surface area contributed by atoms with E-state index in [4.69, 9.17) is 16.3 Å². The van der Waals surface area contributed by atoms with Gasteiger partial charge in [-0.05, 0) is 52.2 Å². The number of aromatic nitrogens is 1. The summed E-state index contributed by atoms with van der Waals surface area (Å²) in [6.45, 7) is 0.431. The number of rotatable bonds is 4. The van der Waals surface area contributed by atoms with Crippen LogP contribution in [-0.4, -0.2) is 23.5 Å². The lowest BCUT2D eigenvalue weighted by Crippen LogP contribution is -2.34. The van der Waals surface area contributed by atoms with E-state index in [1.54, 1.807) is 35.9 Å². The predicted octanol–water partition coefficient (Wildman–Crippen LogP) is 4.20. The molecule has 0 aliphatic carbocycles. The van der Waals surface area contributed by atoms with Gasteiger partial charge in [0.15, 0.2) is 0 Å². The molecule has 0 spiro atoms. The number of pyridine rings is 1. The fourth-order valence-electron chi connectivity index (χ4n) is 2.91. The number of halogens is 1. The van der Waals surface area contributed by atoms with E-state index >= 15 is 0 Å². The van der Waals surface area contributed by atoms with Crippen LogP contribution in [0.5, 0.6) is 5.75 Å². The van der Waals surface area contributed by atoms with E-state index in [-0.39, 0.29) is 12.0 Å². The van der Waals surface area contributed by atoms with Crippen molar-refractivity contribution < 1.29 is 9.53 Å². The first-order valence-corrected chi connectivity index (χ1v) is 9.22. The Bertz CT molecular complexity index is 897. The lowest BCUT2D eigenvalue weighted by Gasteiger charge is -2.12. The van der Waals surface area contributed by atoms with Crippen molar-refractivity contribution in [3.8, 4) is 16.9 Å². The molecule has 0 fully saturated rings. The number of ether oxygens (including phenoxy) is 1. The molecule has 0 bridgehead atoms. The van der Waals surface area contributed by atoms with Crippen LogP contribution in [0.25, 0.3) is 11.1 Å². The molecule has 4 rings (SSSR count). The molecule has 1 aromatic carbocycles. The molecule has 0 unspecified atom stereocenters. The van der Waals surface area contributed by atoms with Gasteiger partial charge in [0.25, 0.3) is 5.91 Å². The van der Waals surface area contributed by atoms with E-state index < -0.39 is 0 Å². The van der Waals surface area contributed by atoms with Crippen LogP contribution in [0, 0.1) is 0 Å². The number of hydrogen-bond donors (Lipinski definition) is 1. The van der Waals surface area contributed by atoms with Gasteiger partial charge < -0.3 is 10.1 Å². The first kappa shape index (κ1) is 16.1. The van der Waals surface area contributed by atoms with Crippen LogP contribution in [0.3, 0.4) is 0 Å². The normalized spacial score (nSPS) is 15.5. The second kappa shape index (κ2) is 6.86. The van der Waals surface area contributed by atoms with Crippen molar-refractivity contribution in [2.24, 2.45) is 0 Å². The summed E-state index contributed by atoms with van der Waals surface area (Å²) in [6, 6.07) is 9.49. The van der Waals surface area contributed by atoms with Crippen LogP contribution in [0.4, 0.5) is 0 Å². The van der Waals surface area contributed by atoms with E-state index in [0.717, 1.165) is 28.9 Å². The van der Waals surface area contributed by atoms with Crippen LogP contribution in [0.15, 0.2) is 53.5 Å². The van der Waals surface area contributed by atoms with Gasteiger partial charge in [0, 0.05) is 29.9 Å². The molecule has 2 aromatic heterocycles. The minimum atomic E-state index is -0.132. The minimum Gasteiger partial charge on any atom is -0.486 e. The molecule has 1 amide bonds. The zero-order valence-corrected chi connectivity index (χ0v) is 14.8. The Labute approximate surface area is 154 Å². The minimum absolute atomic E-state index is 0.115. The maximum Gasteiger partial charge on any atom is 0.251 e. The highest BCUT2D eigenvalue weighted by Crippen LogP contribution is 2.39. The second-order valence-electron chi connectivity index (χ2n) is 5.85. The number of nitrogens with one attached hydrogen (secondary N) is 1. The van der Waals surface area contributed by atoms with E-state index in [1.165, 1.54) is 0 Å². The zero-order valence-electron chi connectivity index (χ0n) is 13.2. The molecule has 1 aliphatic rings. The summed E-state index contributed by atoms with van der Waals surface area (Å²) >= 11 is 8.06. The monoisotopic (exact) mass is 370 g/mol. The van der Waals surface area contributed by atoms with Gasteiger partial charge in [-0.2, -0.15) is 11.3 Å². The number of carbonyl (C=O) groups excluding carboxylic acids is 1. The third-order valence-electron chi connectivity index (χ3n) is 4.14. The Kier molecular flexibility index (Phi) is 4.42. The van der Waals surface area contributed by atoms with Crippen LogP contribution in [0.1, 0.15) is 15.9 Å². The van der Waals surface area contributed by atoms with Crippen molar-refractivity contribution in [2.75, 3.05) is 6.54 Å². The van der Waals surface area contributed by atoms with Gasteiger partial charge in [0.2, 0.25) is 0 Å². The number of carbonyl (C=O) groups is 1. The summed E-state index contributed by atoms with van der Waals surface area (Å²) in [5.74, 6) is 0.593. The summed E-state index contributed by atoms with van der Waals surface area (Å²) < 4.78 is 5.94. The van der Waals surface area contributed by atoms with E-state index in [0.29, 0.717) is 17.1 Å². The van der Waals surface area contributed by atoms with Crippen molar-refractivity contribution in [3.05, 3.63) is 69.6 Å². The Hall–Kier alpha value is -2.37. The number of amides is 1. The average Bonchev–Trinajstić information content (AvgIpc) is 3.30. The van der Waals surface area contributed by atoms with Crippen LogP contribution in [-0.2, 0) is 6.42 Å². The molecule has 0 saturated heterocycles. The third-order valence-corrected chi connectivity index (χ3v) is 5.10. The fraction of sp³-hybridized carbons (Fsp3) is 0.158. The zero-order chi connectivity index (χ0) is 17.2. The topological polar surface area (TPSA) is 51.2 Å². The summed E-state index contributed by atoms with van der Waals surface area (Å²) in [6.07, 6.45) is 3.81. The van der Waals surface area contributed by atoms with E-state index in [2.05, 4.69) is 27.8 Å². The highest BCUT2D eigenvalue weighted by molar-refractivity contribution is 7.08. The number of fused-ring (bicyclic) bond motifs is 1. The lowest BCUT2D eigenvalue weighted by atomic mass is 10.0. The molecule has 1 aliphatic heterocycles. The summed E-state index contributed by atoms with van der Waals surface area (Å²) in [5.41, 5.74) is 3.92. The maximum absolute atomic E-state index is 12.1. The summed E-state index contributed by atoms with van der Waals surface area (Å²) in [4.78, 5) is 16.0. The molecule has 3 aromatic rings. The smallest absolute Gasteiger partial charge is 0.251 e. The summed E-state index contributed by atoms with van der Waals surface area (Å²) in [5, 5.41) is 7.66. The van der Waals surface area contributed by atoms with Gasteiger partial charge in [0.05, 0.1) is 11.6 Å². The van der Waals surface area contributed by atoms with Crippen LogP contribution in [0.2, 0.25) is 5.02 Å². The first-order valence-electron chi connectivity index (χ1n) is 7.90. The molecule has 3 heterocycles. The van der Waals surface area contributed by atoms with Crippen LogP contribution >= 0.6 is 22.9 Å². The molecule has 0 saturated carbocycles. The molecule has 1 N–H and O–H groups in total. The molecular weight excluding hydrogens is 356 g/mol.